The van der Waals surface area contributed by atoms with Gasteiger partial charge in [-0.1, -0.05) is 48.5 Å². The van der Waals surface area contributed by atoms with Crippen molar-refractivity contribution in [2.75, 3.05) is 26.7 Å². The highest BCUT2D eigenvalue weighted by Gasteiger charge is 2.45. The molecule has 5 heteroatoms. The van der Waals surface area contributed by atoms with E-state index in [0.717, 1.165) is 36.7 Å². The molecule has 0 amide bonds. The molecule has 2 saturated heterocycles. The maximum Gasteiger partial charge on any atom is 0.0995 e. The van der Waals surface area contributed by atoms with E-state index in [4.69, 9.17) is 0 Å². The molecule has 0 radical (unpaired) electrons. The molecular weight excluding hydrogens is 365 g/mol. The first kappa shape index (κ1) is 20.7. The van der Waals surface area contributed by atoms with Crippen molar-refractivity contribution in [2.45, 2.75) is 12.6 Å². The summed E-state index contributed by atoms with van der Waals surface area (Å²) in [7, 11) is 2.26. The normalized spacial score (nSPS) is 25.0. The molecule has 2 aliphatic rings. The number of hydrogen-bond donors (Lipinski definition) is 0. The van der Waals surface area contributed by atoms with Crippen LogP contribution in [0.4, 0.5) is 0 Å². The summed E-state index contributed by atoms with van der Waals surface area (Å²) >= 11 is 0. The van der Waals surface area contributed by atoms with Crippen molar-refractivity contribution in [1.29, 1.82) is 5.26 Å². The fourth-order valence-electron chi connectivity index (χ4n) is 4.64. The molecule has 3 nitrogen and oxygen atoms in total. The van der Waals surface area contributed by atoms with Crippen LogP contribution in [0.5, 0.6) is 0 Å². The second-order valence-electron chi connectivity index (χ2n) is 7.18. The molecule has 3 atom stereocenters. The fourth-order valence-corrected chi connectivity index (χ4v) is 4.64. The summed E-state index contributed by atoms with van der Waals surface area (Å²) in [6, 6.07) is 21.7. The first-order valence-electron chi connectivity index (χ1n) is 8.72. The monoisotopic (exact) mass is 389 g/mol. The predicted octanol–water partition coefficient (Wildman–Crippen LogP) is 4.14. The molecule has 0 unspecified atom stereocenters. The molecule has 0 spiro atoms. The summed E-state index contributed by atoms with van der Waals surface area (Å²) in [6.45, 7) is 4.31. The third-order valence-corrected chi connectivity index (χ3v) is 5.64. The van der Waals surface area contributed by atoms with Crippen molar-refractivity contribution >= 4 is 24.8 Å². The topological polar surface area (TPSA) is 30.3 Å². The highest BCUT2D eigenvalue weighted by molar-refractivity contribution is 5.85. The van der Waals surface area contributed by atoms with E-state index in [1.807, 2.05) is 18.2 Å². The lowest BCUT2D eigenvalue weighted by Gasteiger charge is -2.27. The van der Waals surface area contributed by atoms with Crippen LogP contribution in [0.25, 0.3) is 0 Å². The lowest BCUT2D eigenvalue weighted by Crippen LogP contribution is -2.29. The van der Waals surface area contributed by atoms with Crippen molar-refractivity contribution < 1.29 is 0 Å². The third kappa shape index (κ3) is 3.89. The number of rotatable bonds is 3. The van der Waals surface area contributed by atoms with Gasteiger partial charge in [0, 0.05) is 32.2 Å². The lowest BCUT2D eigenvalue weighted by molar-refractivity contribution is 0.224. The molecule has 2 aliphatic heterocycles. The van der Waals surface area contributed by atoms with Gasteiger partial charge < -0.3 is 0 Å². The molecule has 138 valence electrons. The molecule has 2 aromatic rings. The van der Waals surface area contributed by atoms with E-state index in [0.29, 0.717) is 12.0 Å². The summed E-state index contributed by atoms with van der Waals surface area (Å²) in [4.78, 5) is 5.06. The van der Waals surface area contributed by atoms with Gasteiger partial charge in [-0.05, 0) is 36.1 Å². The summed E-state index contributed by atoms with van der Waals surface area (Å²) in [5, 5.41) is 9.30. The summed E-state index contributed by atoms with van der Waals surface area (Å²) in [5.74, 6) is 1.42. The maximum atomic E-state index is 9.30. The minimum Gasteiger partial charge on any atom is -0.299 e. The van der Waals surface area contributed by atoms with Crippen molar-refractivity contribution in [3.05, 3.63) is 71.3 Å². The van der Waals surface area contributed by atoms with E-state index < -0.39 is 0 Å². The van der Waals surface area contributed by atoms with Gasteiger partial charge in [0.2, 0.25) is 0 Å². The van der Waals surface area contributed by atoms with E-state index in [9.17, 15) is 5.26 Å². The lowest BCUT2D eigenvalue weighted by atomic mass is 9.90. The van der Waals surface area contributed by atoms with Crippen LogP contribution >= 0.6 is 24.8 Å². The Morgan fingerprint density at radius 2 is 1.65 bits per heavy atom. The smallest absolute Gasteiger partial charge is 0.0995 e. The predicted molar refractivity (Wildman–Crippen MR) is 110 cm³/mol. The Bertz CT molecular complexity index is 759. The highest BCUT2D eigenvalue weighted by Crippen LogP contribution is 2.44. The van der Waals surface area contributed by atoms with Crippen molar-refractivity contribution in [3.63, 3.8) is 0 Å². The number of nitrogens with zero attached hydrogens (tertiary/aromatic N) is 3. The Morgan fingerprint density at radius 3 is 2.38 bits per heavy atom. The van der Waals surface area contributed by atoms with Gasteiger partial charge in [-0.15, -0.1) is 24.8 Å². The molecular formula is C21H25Cl2N3. The number of halogens is 2. The van der Waals surface area contributed by atoms with Gasteiger partial charge in [0.15, 0.2) is 0 Å². The Labute approximate surface area is 168 Å². The quantitative estimate of drug-likeness (QED) is 0.789. The van der Waals surface area contributed by atoms with Crippen molar-refractivity contribution in [3.8, 4) is 6.07 Å². The van der Waals surface area contributed by atoms with Gasteiger partial charge in [-0.2, -0.15) is 5.26 Å². The van der Waals surface area contributed by atoms with Crippen LogP contribution < -0.4 is 0 Å². The molecule has 2 fully saturated rings. The van der Waals surface area contributed by atoms with Gasteiger partial charge in [0.25, 0.3) is 0 Å². The number of fused-ring (bicyclic) bond motifs is 1. The fraction of sp³-hybridized carbons (Fsp3) is 0.381. The van der Waals surface area contributed by atoms with Gasteiger partial charge in [0.05, 0.1) is 11.6 Å². The largest absolute Gasteiger partial charge is 0.299 e. The van der Waals surface area contributed by atoms with Gasteiger partial charge in [-0.25, -0.2) is 0 Å². The van der Waals surface area contributed by atoms with Gasteiger partial charge >= 0.3 is 0 Å². The maximum absolute atomic E-state index is 9.30. The zero-order valence-corrected chi connectivity index (χ0v) is 16.5. The first-order valence-corrected chi connectivity index (χ1v) is 8.72. The SMILES string of the molecule is CN1C[C@H]2CN(Cc3ccccc3C#N)C[C@H]2[C@@H]1c1ccccc1.Cl.Cl. The molecule has 0 saturated carbocycles. The number of hydrogen-bond acceptors (Lipinski definition) is 3. The van der Waals surface area contributed by atoms with Crippen LogP contribution in [0.1, 0.15) is 22.7 Å². The van der Waals surface area contributed by atoms with Gasteiger partial charge in [0.1, 0.15) is 0 Å². The van der Waals surface area contributed by atoms with Crippen molar-refractivity contribution in [2.24, 2.45) is 11.8 Å². The minimum absolute atomic E-state index is 0. The van der Waals surface area contributed by atoms with E-state index in [2.05, 4.69) is 59.3 Å². The minimum atomic E-state index is 0. The Morgan fingerprint density at radius 1 is 0.962 bits per heavy atom. The standard InChI is InChI=1S/C21H23N3.2ClH/c1-23-12-19-14-24(13-18-10-6-5-9-17(18)11-22)15-20(19)21(23)16-7-3-2-4-8-16;;/h2-10,19-21H,12-15H2,1H3;2*1H/t19-,20+,21-;;/m0../s1. The Kier molecular flexibility index (Phi) is 7.08. The summed E-state index contributed by atoms with van der Waals surface area (Å²) < 4.78 is 0. The summed E-state index contributed by atoms with van der Waals surface area (Å²) in [6.07, 6.45) is 0. The third-order valence-electron chi connectivity index (χ3n) is 5.64. The first-order chi connectivity index (χ1) is 11.8. The number of likely N-dealkylation sites (tertiary alicyclic amines) is 2. The molecule has 0 bridgehead atoms. The summed E-state index contributed by atoms with van der Waals surface area (Å²) in [5.41, 5.74) is 3.41. The molecule has 4 rings (SSSR count). The van der Waals surface area contributed by atoms with Crippen LogP contribution in [-0.2, 0) is 6.54 Å². The zero-order chi connectivity index (χ0) is 16.5. The highest BCUT2D eigenvalue weighted by atomic mass is 35.5. The van der Waals surface area contributed by atoms with E-state index >= 15 is 0 Å². The molecule has 0 aromatic heterocycles. The van der Waals surface area contributed by atoms with Crippen LogP contribution in [0, 0.1) is 23.2 Å². The average Bonchev–Trinajstić information content (AvgIpc) is 3.11. The van der Waals surface area contributed by atoms with Crippen LogP contribution in [0.2, 0.25) is 0 Å². The second kappa shape index (κ2) is 8.88. The van der Waals surface area contributed by atoms with E-state index in [1.165, 1.54) is 12.1 Å². The molecule has 0 aliphatic carbocycles. The Hall–Kier alpha value is -1.57. The Balaban J connectivity index is 0.00000121. The second-order valence-corrected chi connectivity index (χ2v) is 7.18. The van der Waals surface area contributed by atoms with Crippen LogP contribution in [0.15, 0.2) is 54.6 Å². The zero-order valence-electron chi connectivity index (χ0n) is 14.9. The van der Waals surface area contributed by atoms with E-state index in [-0.39, 0.29) is 24.8 Å². The molecule has 26 heavy (non-hydrogen) atoms. The number of nitriles is 1. The average molecular weight is 390 g/mol. The van der Waals surface area contributed by atoms with Crippen LogP contribution in [-0.4, -0.2) is 36.5 Å². The van der Waals surface area contributed by atoms with Gasteiger partial charge in [-0.3, -0.25) is 9.80 Å². The molecule has 2 heterocycles. The van der Waals surface area contributed by atoms with Crippen molar-refractivity contribution in [1.82, 2.24) is 9.80 Å². The number of benzene rings is 2. The molecule has 2 aromatic carbocycles. The molecule has 0 N–H and O–H groups in total. The van der Waals surface area contributed by atoms with E-state index in [1.54, 1.807) is 0 Å². The van der Waals surface area contributed by atoms with Crippen LogP contribution in [0.3, 0.4) is 0 Å².